The predicted octanol–water partition coefficient (Wildman–Crippen LogP) is 6.61. The largest absolute Gasteiger partial charge is 0.493 e. The van der Waals surface area contributed by atoms with E-state index in [4.69, 9.17) is 37.4 Å². The Labute approximate surface area is 235 Å². The molecule has 0 bridgehead atoms. The molecular weight excluding hydrogens is 544 g/mol. The van der Waals surface area contributed by atoms with Gasteiger partial charge in [0.1, 0.15) is 17.8 Å². The Hall–Kier alpha value is -3.84. The number of hydrogen-bond acceptors (Lipinski definition) is 8. The molecule has 0 saturated heterocycles. The normalized spacial score (nSPS) is 10.9. The molecule has 11 heteroatoms. The van der Waals surface area contributed by atoms with Gasteiger partial charge >= 0.3 is 0 Å². The third-order valence-electron chi connectivity index (χ3n) is 5.71. The molecule has 0 aliphatic rings. The fourth-order valence-electron chi connectivity index (χ4n) is 3.81. The van der Waals surface area contributed by atoms with Gasteiger partial charge in [-0.2, -0.15) is 5.26 Å². The van der Waals surface area contributed by atoms with Crippen LogP contribution in [0.5, 0.6) is 17.2 Å². The molecule has 0 aliphatic carbocycles. The van der Waals surface area contributed by atoms with Crippen LogP contribution in [0.2, 0.25) is 10.2 Å². The van der Waals surface area contributed by atoms with Gasteiger partial charge < -0.3 is 24.4 Å². The summed E-state index contributed by atoms with van der Waals surface area (Å²) in [5.41, 5.74) is 1.99. The molecule has 0 spiro atoms. The highest BCUT2D eigenvalue weighted by molar-refractivity contribution is 6.33. The molecule has 0 saturated carbocycles. The topological polar surface area (TPSA) is 92.5 Å². The van der Waals surface area contributed by atoms with Crippen molar-refractivity contribution in [2.24, 2.45) is 0 Å². The Bertz CT molecular complexity index is 1530. The van der Waals surface area contributed by atoms with Crippen molar-refractivity contribution in [3.05, 3.63) is 75.9 Å². The van der Waals surface area contributed by atoms with Crippen molar-refractivity contribution in [2.75, 3.05) is 39.7 Å². The highest BCUT2D eigenvalue weighted by atomic mass is 35.5. The van der Waals surface area contributed by atoms with Gasteiger partial charge in [-0.05, 0) is 38.7 Å². The van der Waals surface area contributed by atoms with Gasteiger partial charge in [0.05, 0.1) is 46.9 Å². The predicted molar refractivity (Wildman–Crippen MR) is 150 cm³/mol. The Morgan fingerprint density at radius 3 is 2.62 bits per heavy atom. The molecular formula is C28H26Cl2FN5O3. The highest BCUT2D eigenvalue weighted by Gasteiger charge is 2.17. The SMILES string of the molecule is COc1cc2c(Nc3cc(F)c(OCc4cccc(Cl)n4)cc3Cl)c(C#N)cnc2cc1OCCCN(C)C. The van der Waals surface area contributed by atoms with Crippen LogP contribution in [0, 0.1) is 17.1 Å². The molecule has 0 unspecified atom stereocenters. The van der Waals surface area contributed by atoms with Gasteiger partial charge in [-0.25, -0.2) is 9.37 Å². The number of anilines is 2. The average Bonchev–Trinajstić information content (AvgIpc) is 2.91. The van der Waals surface area contributed by atoms with Crippen molar-refractivity contribution in [3.8, 4) is 23.3 Å². The molecule has 8 nitrogen and oxygen atoms in total. The number of halogens is 3. The summed E-state index contributed by atoms with van der Waals surface area (Å²) in [4.78, 5) is 10.6. The zero-order valence-electron chi connectivity index (χ0n) is 21.6. The number of nitrogens with one attached hydrogen (secondary N) is 1. The van der Waals surface area contributed by atoms with E-state index in [1.165, 1.54) is 25.4 Å². The lowest BCUT2D eigenvalue weighted by Crippen LogP contribution is -2.15. The minimum absolute atomic E-state index is 0.00744. The van der Waals surface area contributed by atoms with Gasteiger partial charge in [-0.3, -0.25) is 4.98 Å². The Morgan fingerprint density at radius 2 is 1.90 bits per heavy atom. The molecule has 0 fully saturated rings. The number of aromatic nitrogens is 2. The first kappa shape index (κ1) is 28.2. The second kappa shape index (κ2) is 12.8. The maximum absolute atomic E-state index is 15.0. The molecule has 2 aromatic heterocycles. The van der Waals surface area contributed by atoms with Crippen LogP contribution in [0.3, 0.4) is 0 Å². The first-order chi connectivity index (χ1) is 18.8. The molecule has 2 heterocycles. The Balaban J connectivity index is 1.62. The van der Waals surface area contributed by atoms with Crippen molar-refractivity contribution in [1.29, 1.82) is 5.26 Å². The van der Waals surface area contributed by atoms with Crippen LogP contribution < -0.4 is 19.5 Å². The number of methoxy groups -OCH3 is 1. The van der Waals surface area contributed by atoms with Crippen LogP contribution >= 0.6 is 23.2 Å². The number of fused-ring (bicyclic) bond motifs is 1. The number of nitriles is 1. The number of pyridine rings is 2. The van der Waals surface area contributed by atoms with Gasteiger partial charge in [0.25, 0.3) is 0 Å². The summed E-state index contributed by atoms with van der Waals surface area (Å²) in [6.45, 7) is 1.39. The van der Waals surface area contributed by atoms with E-state index < -0.39 is 5.82 Å². The van der Waals surface area contributed by atoms with E-state index >= 15 is 0 Å². The number of rotatable bonds is 11. The second-order valence-electron chi connectivity index (χ2n) is 8.81. The van der Waals surface area contributed by atoms with Crippen molar-refractivity contribution < 1.29 is 18.6 Å². The molecule has 4 rings (SSSR count). The molecule has 0 amide bonds. The van der Waals surface area contributed by atoms with Crippen LogP contribution in [0.4, 0.5) is 15.8 Å². The average molecular weight is 570 g/mol. The van der Waals surface area contributed by atoms with Crippen molar-refractivity contribution in [1.82, 2.24) is 14.9 Å². The van der Waals surface area contributed by atoms with E-state index in [0.717, 1.165) is 13.0 Å². The van der Waals surface area contributed by atoms with Gasteiger partial charge in [0, 0.05) is 36.3 Å². The van der Waals surface area contributed by atoms with E-state index in [2.05, 4.69) is 26.3 Å². The fourth-order valence-corrected chi connectivity index (χ4v) is 4.19. The van der Waals surface area contributed by atoms with Crippen molar-refractivity contribution in [2.45, 2.75) is 13.0 Å². The molecule has 1 N–H and O–H groups in total. The lowest BCUT2D eigenvalue weighted by molar-refractivity contribution is 0.268. The van der Waals surface area contributed by atoms with Gasteiger partial charge in [-0.1, -0.05) is 29.3 Å². The summed E-state index contributed by atoms with van der Waals surface area (Å²) in [7, 11) is 5.53. The van der Waals surface area contributed by atoms with E-state index in [-0.39, 0.29) is 28.6 Å². The van der Waals surface area contributed by atoms with E-state index in [9.17, 15) is 9.65 Å². The smallest absolute Gasteiger partial charge is 0.167 e. The first-order valence-electron chi connectivity index (χ1n) is 12.0. The Morgan fingerprint density at radius 1 is 1.08 bits per heavy atom. The minimum Gasteiger partial charge on any atom is -0.493 e. The van der Waals surface area contributed by atoms with Gasteiger partial charge in [-0.15, -0.1) is 0 Å². The second-order valence-corrected chi connectivity index (χ2v) is 9.61. The molecule has 202 valence electrons. The van der Waals surface area contributed by atoms with Gasteiger partial charge in [0.15, 0.2) is 23.1 Å². The number of ether oxygens (including phenoxy) is 3. The fraction of sp³-hybridized carbons (Fsp3) is 0.250. The molecule has 0 atom stereocenters. The summed E-state index contributed by atoms with van der Waals surface area (Å²) in [5, 5.41) is 13.9. The maximum Gasteiger partial charge on any atom is 0.167 e. The molecule has 2 aromatic carbocycles. The quantitative estimate of drug-likeness (QED) is 0.159. The summed E-state index contributed by atoms with van der Waals surface area (Å²) in [5.74, 6) is 0.312. The standard InChI is InChI=1S/C28H26Cl2FN5O3/c1-36(2)8-5-9-38-26-13-22-19(10-25(26)37-3)28(17(14-32)15-33-22)35-23-12-21(31)24(11-20(23)29)39-16-18-6-4-7-27(30)34-18/h4,6-7,10-13,15H,5,8-9,16H2,1-3H3,(H,33,35). The van der Waals surface area contributed by atoms with Crippen molar-refractivity contribution >= 4 is 45.5 Å². The van der Waals surface area contributed by atoms with Crippen LogP contribution in [-0.2, 0) is 6.61 Å². The highest BCUT2D eigenvalue weighted by Crippen LogP contribution is 2.39. The van der Waals surface area contributed by atoms with Crippen LogP contribution in [0.25, 0.3) is 10.9 Å². The van der Waals surface area contributed by atoms with E-state index in [1.54, 1.807) is 30.3 Å². The van der Waals surface area contributed by atoms with Crippen molar-refractivity contribution in [3.63, 3.8) is 0 Å². The maximum atomic E-state index is 15.0. The lowest BCUT2D eigenvalue weighted by Gasteiger charge is -2.17. The number of benzene rings is 2. The number of nitrogens with zero attached hydrogens (tertiary/aromatic N) is 4. The molecule has 0 radical (unpaired) electrons. The third-order valence-corrected chi connectivity index (χ3v) is 6.23. The van der Waals surface area contributed by atoms with E-state index in [1.807, 2.05) is 14.1 Å². The summed E-state index contributed by atoms with van der Waals surface area (Å²) < 4.78 is 32.1. The molecule has 0 aliphatic heterocycles. The Kier molecular flexibility index (Phi) is 9.25. The summed E-state index contributed by atoms with van der Waals surface area (Å²) >= 11 is 12.4. The van der Waals surface area contributed by atoms with Crippen LogP contribution in [0.1, 0.15) is 17.7 Å². The number of hydrogen-bond donors (Lipinski definition) is 1. The summed E-state index contributed by atoms with van der Waals surface area (Å²) in [6.07, 6.45) is 2.27. The first-order valence-corrected chi connectivity index (χ1v) is 12.7. The van der Waals surface area contributed by atoms with Gasteiger partial charge in [0.2, 0.25) is 0 Å². The monoisotopic (exact) mass is 569 g/mol. The van der Waals surface area contributed by atoms with Crippen LogP contribution in [0.15, 0.2) is 48.7 Å². The molecule has 39 heavy (non-hydrogen) atoms. The van der Waals surface area contributed by atoms with Crippen LogP contribution in [-0.4, -0.2) is 49.2 Å². The zero-order chi connectivity index (χ0) is 27.9. The minimum atomic E-state index is -0.646. The lowest BCUT2D eigenvalue weighted by atomic mass is 10.1. The third kappa shape index (κ3) is 6.98. The summed E-state index contributed by atoms with van der Waals surface area (Å²) in [6, 6.07) is 13.2. The van der Waals surface area contributed by atoms with E-state index in [0.29, 0.717) is 45.5 Å². The molecule has 4 aromatic rings. The zero-order valence-corrected chi connectivity index (χ0v) is 23.1.